The molecule has 0 saturated carbocycles. The lowest BCUT2D eigenvalue weighted by atomic mass is 9.76. The normalized spacial score (nSPS) is 14.8. The quantitative estimate of drug-likeness (QED) is 0.543. The number of rotatable bonds is 4. The van der Waals surface area contributed by atoms with E-state index in [0.29, 0.717) is 5.69 Å². The van der Waals surface area contributed by atoms with Gasteiger partial charge in [-0.2, -0.15) is 4.73 Å². The second kappa shape index (κ2) is 6.75. The van der Waals surface area contributed by atoms with Crippen molar-refractivity contribution in [1.82, 2.24) is 0 Å². The van der Waals surface area contributed by atoms with Gasteiger partial charge in [0.25, 0.3) is 0 Å². The van der Waals surface area contributed by atoms with Gasteiger partial charge in [0.2, 0.25) is 5.69 Å². The molecule has 24 heavy (non-hydrogen) atoms. The lowest BCUT2D eigenvalue weighted by Gasteiger charge is -2.32. The molecule has 3 aromatic rings. The predicted molar refractivity (Wildman–Crippen MR) is 97.4 cm³/mol. The van der Waals surface area contributed by atoms with Crippen LogP contribution < -0.4 is 4.73 Å². The fraction of sp³-hybridized carbons (Fsp3) is 0.150. The number of aliphatic hydroxyl groups is 1. The third kappa shape index (κ3) is 3.21. The molecule has 0 unspecified atom stereocenters. The monoisotopic (exact) mass is 383 g/mol. The highest BCUT2D eigenvalue weighted by molar-refractivity contribution is 9.10. The first kappa shape index (κ1) is 16.7. The second-order valence-electron chi connectivity index (χ2n) is 5.95. The van der Waals surface area contributed by atoms with E-state index in [1.807, 2.05) is 60.7 Å². The Morgan fingerprint density at radius 2 is 1.58 bits per heavy atom. The zero-order chi connectivity index (χ0) is 17.2. The molecule has 0 radical (unpaired) electrons. The van der Waals surface area contributed by atoms with Crippen LogP contribution in [-0.4, -0.2) is 5.11 Å². The van der Waals surface area contributed by atoms with Crippen LogP contribution in [0.1, 0.15) is 29.7 Å². The first-order valence-electron chi connectivity index (χ1n) is 7.71. The molecule has 0 fully saturated rings. The summed E-state index contributed by atoms with van der Waals surface area (Å²) in [5, 5.41) is 23.8. The molecule has 4 heteroatoms. The van der Waals surface area contributed by atoms with Crippen molar-refractivity contribution in [3.05, 3.63) is 105 Å². The third-order valence-electron chi connectivity index (χ3n) is 4.27. The van der Waals surface area contributed by atoms with E-state index < -0.39 is 11.5 Å². The molecule has 0 aliphatic rings. The highest BCUT2D eigenvalue weighted by Crippen LogP contribution is 2.40. The van der Waals surface area contributed by atoms with Gasteiger partial charge in [0.15, 0.2) is 6.20 Å². The minimum absolute atomic E-state index is 0.487. The molecular formula is C20H18BrNO2. The Labute approximate surface area is 149 Å². The van der Waals surface area contributed by atoms with Crippen molar-refractivity contribution in [3.8, 4) is 0 Å². The van der Waals surface area contributed by atoms with E-state index in [1.165, 1.54) is 6.20 Å². The molecule has 2 aromatic carbocycles. The van der Waals surface area contributed by atoms with Gasteiger partial charge in [-0.1, -0.05) is 58.4 Å². The summed E-state index contributed by atoms with van der Waals surface area (Å²) in [7, 11) is 0. The molecule has 2 atom stereocenters. The highest BCUT2D eigenvalue weighted by Gasteiger charge is 2.40. The van der Waals surface area contributed by atoms with Gasteiger partial charge in [-0.05, 0) is 36.2 Å². The number of pyridine rings is 1. The van der Waals surface area contributed by atoms with Crippen LogP contribution in [0.5, 0.6) is 0 Å². The molecule has 0 bridgehead atoms. The number of hydrogen-bond acceptors (Lipinski definition) is 2. The summed E-state index contributed by atoms with van der Waals surface area (Å²) in [6, 6.07) is 22.4. The fourth-order valence-electron chi connectivity index (χ4n) is 3.05. The van der Waals surface area contributed by atoms with Crippen molar-refractivity contribution < 1.29 is 9.84 Å². The van der Waals surface area contributed by atoms with Crippen LogP contribution in [0.15, 0.2) is 83.5 Å². The van der Waals surface area contributed by atoms with Crippen LogP contribution in [0.3, 0.4) is 0 Å². The Morgan fingerprint density at radius 3 is 2.21 bits per heavy atom. The van der Waals surface area contributed by atoms with Crippen molar-refractivity contribution in [3.63, 3.8) is 0 Å². The summed E-state index contributed by atoms with van der Waals surface area (Å²) >= 11 is 3.41. The molecule has 1 heterocycles. The van der Waals surface area contributed by atoms with E-state index >= 15 is 0 Å². The maximum Gasteiger partial charge on any atom is 0.203 e. The van der Waals surface area contributed by atoms with Crippen LogP contribution in [-0.2, 0) is 5.60 Å². The Balaban J connectivity index is 2.18. The van der Waals surface area contributed by atoms with Gasteiger partial charge in [-0.25, -0.2) is 0 Å². The standard InChI is InChI=1S/C20H18BrNO2/c1-20(23,16-10-12-17(21)13-11-16)19(15-7-3-2-4-8-15)18-9-5-6-14-22(18)24/h2-14,19,23H,1H3/t19-,20-/m0/s1. The Kier molecular flexibility index (Phi) is 4.69. The maximum absolute atomic E-state index is 12.4. The van der Waals surface area contributed by atoms with E-state index in [4.69, 9.17) is 0 Å². The molecule has 0 amide bonds. The molecule has 122 valence electrons. The summed E-state index contributed by atoms with van der Waals surface area (Å²) in [5.41, 5.74) is 0.913. The Bertz CT molecular complexity index is 817. The summed E-state index contributed by atoms with van der Waals surface area (Å²) in [6.45, 7) is 1.75. The van der Waals surface area contributed by atoms with Crippen molar-refractivity contribution in [1.29, 1.82) is 0 Å². The third-order valence-corrected chi connectivity index (χ3v) is 4.80. The number of aromatic nitrogens is 1. The first-order valence-corrected chi connectivity index (χ1v) is 8.51. The fourth-order valence-corrected chi connectivity index (χ4v) is 3.31. The van der Waals surface area contributed by atoms with Gasteiger partial charge in [-0.15, -0.1) is 0 Å². The first-order chi connectivity index (χ1) is 11.5. The predicted octanol–water partition coefficient (Wildman–Crippen LogP) is 4.12. The number of hydrogen-bond donors (Lipinski definition) is 1. The topological polar surface area (TPSA) is 47.2 Å². The minimum Gasteiger partial charge on any atom is -0.618 e. The summed E-state index contributed by atoms with van der Waals surface area (Å²) in [5.74, 6) is -0.487. The van der Waals surface area contributed by atoms with Gasteiger partial charge < -0.3 is 10.3 Å². The van der Waals surface area contributed by atoms with Crippen molar-refractivity contribution in [2.45, 2.75) is 18.4 Å². The molecule has 3 rings (SSSR count). The number of benzene rings is 2. The van der Waals surface area contributed by atoms with Gasteiger partial charge in [0.05, 0.1) is 0 Å². The maximum atomic E-state index is 12.4. The molecule has 0 saturated heterocycles. The smallest absolute Gasteiger partial charge is 0.203 e. The molecule has 0 aliphatic carbocycles. The Morgan fingerprint density at radius 1 is 0.958 bits per heavy atom. The molecule has 0 spiro atoms. The molecule has 1 aromatic heterocycles. The van der Waals surface area contributed by atoms with Gasteiger partial charge in [-0.3, -0.25) is 0 Å². The van der Waals surface area contributed by atoms with Crippen molar-refractivity contribution in [2.75, 3.05) is 0 Å². The number of halogens is 1. The molecule has 3 nitrogen and oxygen atoms in total. The van der Waals surface area contributed by atoms with E-state index in [1.54, 1.807) is 19.1 Å². The highest BCUT2D eigenvalue weighted by atomic mass is 79.9. The Hall–Kier alpha value is -2.17. The second-order valence-corrected chi connectivity index (χ2v) is 6.87. The average Bonchev–Trinajstić information content (AvgIpc) is 2.58. The summed E-state index contributed by atoms with van der Waals surface area (Å²) < 4.78 is 1.77. The van der Waals surface area contributed by atoms with Gasteiger partial charge in [0.1, 0.15) is 11.5 Å². The van der Waals surface area contributed by atoms with Crippen LogP contribution in [0, 0.1) is 5.21 Å². The SMILES string of the molecule is C[C@](O)(c1ccc(Br)cc1)[C@@H](c1ccccc1)c1cccc[n+]1[O-]. The van der Waals surface area contributed by atoms with Crippen LogP contribution in [0.2, 0.25) is 0 Å². The van der Waals surface area contributed by atoms with Gasteiger partial charge >= 0.3 is 0 Å². The van der Waals surface area contributed by atoms with Crippen LogP contribution in [0.25, 0.3) is 0 Å². The van der Waals surface area contributed by atoms with Crippen molar-refractivity contribution >= 4 is 15.9 Å². The summed E-state index contributed by atoms with van der Waals surface area (Å²) in [4.78, 5) is 0. The van der Waals surface area contributed by atoms with Crippen molar-refractivity contribution in [2.24, 2.45) is 0 Å². The molecule has 0 aliphatic heterocycles. The molecular weight excluding hydrogens is 366 g/mol. The summed E-state index contributed by atoms with van der Waals surface area (Å²) in [6.07, 6.45) is 1.46. The largest absolute Gasteiger partial charge is 0.618 e. The van der Waals surface area contributed by atoms with E-state index in [-0.39, 0.29) is 0 Å². The minimum atomic E-state index is -1.24. The molecule has 1 N–H and O–H groups in total. The van der Waals surface area contributed by atoms with E-state index in [9.17, 15) is 10.3 Å². The van der Waals surface area contributed by atoms with E-state index in [0.717, 1.165) is 20.3 Å². The zero-order valence-electron chi connectivity index (χ0n) is 13.3. The zero-order valence-corrected chi connectivity index (χ0v) is 14.8. The number of nitrogens with zero attached hydrogens (tertiary/aromatic N) is 1. The van der Waals surface area contributed by atoms with Crippen LogP contribution in [0.4, 0.5) is 0 Å². The van der Waals surface area contributed by atoms with Gasteiger partial charge in [0, 0.05) is 16.6 Å². The van der Waals surface area contributed by atoms with E-state index in [2.05, 4.69) is 15.9 Å². The average molecular weight is 384 g/mol. The lowest BCUT2D eigenvalue weighted by molar-refractivity contribution is -0.616. The van der Waals surface area contributed by atoms with Crippen LogP contribution >= 0.6 is 15.9 Å². The lowest BCUT2D eigenvalue weighted by Crippen LogP contribution is -2.40.